The van der Waals surface area contributed by atoms with Gasteiger partial charge in [-0.25, -0.2) is 4.79 Å². The summed E-state index contributed by atoms with van der Waals surface area (Å²) in [5.74, 6) is 1.10. The van der Waals surface area contributed by atoms with E-state index in [4.69, 9.17) is 0 Å². The number of carbonyl (C=O) groups is 3. The summed E-state index contributed by atoms with van der Waals surface area (Å²) < 4.78 is 2.15. The summed E-state index contributed by atoms with van der Waals surface area (Å²) in [6.07, 6.45) is 6.88. The number of nitrogens with zero attached hydrogens (tertiary/aromatic N) is 4. The molecule has 1 spiro atoms. The van der Waals surface area contributed by atoms with Crippen LogP contribution in [0.5, 0.6) is 0 Å². The highest BCUT2D eigenvalue weighted by Gasteiger charge is 2.52. The Morgan fingerprint density at radius 3 is 2.67 bits per heavy atom. The molecule has 1 saturated heterocycles. The Balaban J connectivity index is 1.40. The largest absolute Gasteiger partial charge is 0.356 e. The van der Waals surface area contributed by atoms with Crippen LogP contribution in [0.2, 0.25) is 0 Å². The van der Waals surface area contributed by atoms with Crippen molar-refractivity contribution in [2.24, 2.45) is 5.92 Å². The summed E-state index contributed by atoms with van der Waals surface area (Å²) in [4.78, 5) is 38.1. The van der Waals surface area contributed by atoms with Gasteiger partial charge in [0, 0.05) is 32.5 Å². The van der Waals surface area contributed by atoms with Crippen LogP contribution in [-0.2, 0) is 22.6 Å². The predicted octanol–water partition coefficient (Wildman–Crippen LogP) is 1.96. The normalized spacial score (nSPS) is 17.9. The molecule has 1 aliphatic carbocycles. The molecular formula is C20H32N6O3S. The topological polar surface area (TPSA) is 109 Å². The molecule has 166 valence electrons. The number of hydrogen-bond donors (Lipinski definition) is 2. The predicted molar refractivity (Wildman–Crippen MR) is 114 cm³/mol. The van der Waals surface area contributed by atoms with Gasteiger partial charge in [0.15, 0.2) is 5.16 Å². The third kappa shape index (κ3) is 4.96. The third-order valence-corrected chi connectivity index (χ3v) is 6.36. The molecule has 30 heavy (non-hydrogen) atoms. The fourth-order valence-corrected chi connectivity index (χ4v) is 4.70. The lowest BCUT2D eigenvalue weighted by Gasteiger charge is -2.19. The molecule has 0 unspecified atom stereocenters. The summed E-state index contributed by atoms with van der Waals surface area (Å²) >= 11 is 1.58. The lowest BCUT2D eigenvalue weighted by Crippen LogP contribution is -2.44. The molecule has 1 aromatic heterocycles. The van der Waals surface area contributed by atoms with Crippen molar-refractivity contribution in [3.63, 3.8) is 0 Å². The maximum atomic E-state index is 12.6. The molecule has 1 aliphatic heterocycles. The van der Waals surface area contributed by atoms with Gasteiger partial charge in [-0.3, -0.25) is 14.5 Å². The highest BCUT2D eigenvalue weighted by molar-refractivity contribution is 7.98. The number of amides is 4. The number of carbonyl (C=O) groups excluding carboxylic acids is 3. The van der Waals surface area contributed by atoms with Gasteiger partial charge in [0.05, 0.1) is 0 Å². The molecule has 0 aromatic carbocycles. The van der Waals surface area contributed by atoms with Crippen LogP contribution >= 0.6 is 11.8 Å². The average Bonchev–Trinajstić information content (AvgIpc) is 3.38. The Labute approximate surface area is 181 Å². The van der Waals surface area contributed by atoms with Crippen molar-refractivity contribution < 1.29 is 14.4 Å². The van der Waals surface area contributed by atoms with Gasteiger partial charge in [0.1, 0.15) is 11.4 Å². The highest BCUT2D eigenvalue weighted by atomic mass is 32.2. The van der Waals surface area contributed by atoms with Gasteiger partial charge in [0.25, 0.3) is 5.91 Å². The molecule has 3 rings (SSSR count). The van der Waals surface area contributed by atoms with Gasteiger partial charge in [0.2, 0.25) is 5.91 Å². The molecular weight excluding hydrogens is 404 g/mol. The van der Waals surface area contributed by atoms with E-state index in [1.54, 1.807) is 11.8 Å². The van der Waals surface area contributed by atoms with Crippen LogP contribution < -0.4 is 10.6 Å². The number of thioether (sulfide) groups is 1. The third-order valence-electron chi connectivity index (χ3n) is 5.69. The standard InChI is InChI=1S/C20H32N6O3S/c1-14(2)13-26-15(23-24-19(26)30-3)7-6-11-21-16(27)8-12-25-17(28)20(22-18(25)29)9-4-5-10-20/h14H,4-13H2,1-3H3,(H,21,27)(H,22,29). The Morgan fingerprint density at radius 2 is 2.00 bits per heavy atom. The minimum absolute atomic E-state index is 0.120. The smallest absolute Gasteiger partial charge is 0.325 e. The van der Waals surface area contributed by atoms with E-state index in [9.17, 15) is 14.4 Å². The number of imide groups is 1. The number of nitrogens with one attached hydrogen (secondary N) is 2. The zero-order valence-electron chi connectivity index (χ0n) is 18.1. The first-order chi connectivity index (χ1) is 14.4. The van der Waals surface area contributed by atoms with Crippen molar-refractivity contribution in [2.75, 3.05) is 19.3 Å². The number of rotatable bonds is 10. The van der Waals surface area contributed by atoms with Gasteiger partial charge in [-0.15, -0.1) is 10.2 Å². The molecule has 0 radical (unpaired) electrons. The van der Waals surface area contributed by atoms with Gasteiger partial charge in [-0.05, 0) is 31.4 Å². The molecule has 1 saturated carbocycles. The minimum Gasteiger partial charge on any atom is -0.356 e. The van der Waals surface area contributed by atoms with Gasteiger partial charge in [-0.2, -0.15) is 0 Å². The molecule has 0 atom stereocenters. The van der Waals surface area contributed by atoms with Crippen molar-refractivity contribution in [1.82, 2.24) is 30.3 Å². The number of aromatic nitrogens is 3. The molecule has 1 aromatic rings. The van der Waals surface area contributed by atoms with E-state index in [0.717, 1.165) is 43.2 Å². The fourth-order valence-electron chi connectivity index (χ4n) is 4.18. The summed E-state index contributed by atoms with van der Waals surface area (Å²) in [6.45, 7) is 5.84. The van der Waals surface area contributed by atoms with Crippen LogP contribution in [0.25, 0.3) is 0 Å². The monoisotopic (exact) mass is 436 g/mol. The zero-order valence-corrected chi connectivity index (χ0v) is 18.9. The lowest BCUT2D eigenvalue weighted by molar-refractivity contribution is -0.131. The van der Waals surface area contributed by atoms with E-state index in [1.807, 2.05) is 6.26 Å². The van der Waals surface area contributed by atoms with Crippen molar-refractivity contribution >= 4 is 29.6 Å². The van der Waals surface area contributed by atoms with Crippen LogP contribution in [0.15, 0.2) is 5.16 Å². The molecule has 2 N–H and O–H groups in total. The Morgan fingerprint density at radius 1 is 1.27 bits per heavy atom. The van der Waals surface area contributed by atoms with E-state index >= 15 is 0 Å². The van der Waals surface area contributed by atoms with Crippen LogP contribution in [0.4, 0.5) is 4.79 Å². The molecule has 2 aliphatic rings. The van der Waals surface area contributed by atoms with Crippen LogP contribution in [-0.4, -0.2) is 62.4 Å². The maximum Gasteiger partial charge on any atom is 0.325 e. The van der Waals surface area contributed by atoms with E-state index in [-0.39, 0.29) is 30.8 Å². The molecule has 2 fully saturated rings. The maximum absolute atomic E-state index is 12.6. The molecule has 2 heterocycles. The Bertz CT molecular complexity index is 788. The minimum atomic E-state index is -0.713. The van der Waals surface area contributed by atoms with Gasteiger partial charge in [-0.1, -0.05) is 38.5 Å². The van der Waals surface area contributed by atoms with E-state index in [1.165, 1.54) is 4.90 Å². The van der Waals surface area contributed by atoms with Crippen LogP contribution in [0.3, 0.4) is 0 Å². The summed E-state index contributed by atoms with van der Waals surface area (Å²) in [6, 6.07) is -0.371. The zero-order chi connectivity index (χ0) is 21.7. The summed E-state index contributed by atoms with van der Waals surface area (Å²) in [5.41, 5.74) is -0.713. The Hall–Kier alpha value is -2.10. The van der Waals surface area contributed by atoms with Gasteiger partial charge < -0.3 is 15.2 Å². The van der Waals surface area contributed by atoms with E-state index in [2.05, 4.69) is 39.2 Å². The second-order valence-electron chi connectivity index (χ2n) is 8.49. The Kier molecular flexibility index (Phi) is 7.38. The SMILES string of the molecule is CSc1nnc(CCCNC(=O)CCN2C(=O)NC3(CCCC3)C2=O)n1CC(C)C. The first-order valence-corrected chi connectivity index (χ1v) is 12.0. The summed E-state index contributed by atoms with van der Waals surface area (Å²) in [5, 5.41) is 15.1. The molecule has 0 bridgehead atoms. The second-order valence-corrected chi connectivity index (χ2v) is 9.26. The lowest BCUT2D eigenvalue weighted by atomic mass is 9.98. The van der Waals surface area contributed by atoms with Crippen molar-refractivity contribution in [3.8, 4) is 0 Å². The first kappa shape index (κ1) is 22.6. The van der Waals surface area contributed by atoms with Crippen LogP contribution in [0.1, 0.15) is 58.2 Å². The van der Waals surface area contributed by atoms with E-state index < -0.39 is 5.54 Å². The fraction of sp³-hybridized carbons (Fsp3) is 0.750. The van der Waals surface area contributed by atoms with Crippen molar-refractivity contribution in [3.05, 3.63) is 5.82 Å². The number of urea groups is 1. The number of hydrogen-bond acceptors (Lipinski definition) is 6. The van der Waals surface area contributed by atoms with Crippen molar-refractivity contribution in [1.29, 1.82) is 0 Å². The quantitative estimate of drug-likeness (QED) is 0.330. The molecule has 9 nitrogen and oxygen atoms in total. The van der Waals surface area contributed by atoms with E-state index in [0.29, 0.717) is 25.3 Å². The average molecular weight is 437 g/mol. The summed E-state index contributed by atoms with van der Waals surface area (Å²) in [7, 11) is 0. The second kappa shape index (κ2) is 9.80. The first-order valence-electron chi connectivity index (χ1n) is 10.7. The highest BCUT2D eigenvalue weighted by Crippen LogP contribution is 2.35. The van der Waals surface area contributed by atoms with Crippen molar-refractivity contribution in [2.45, 2.75) is 76.0 Å². The molecule has 4 amide bonds. The number of aryl methyl sites for hydroxylation is 1. The van der Waals surface area contributed by atoms with Crippen LogP contribution in [0, 0.1) is 5.92 Å². The van der Waals surface area contributed by atoms with Gasteiger partial charge >= 0.3 is 6.03 Å². The molecule has 10 heteroatoms.